The van der Waals surface area contributed by atoms with E-state index in [2.05, 4.69) is 20.6 Å². The third-order valence-corrected chi connectivity index (χ3v) is 4.33. The molecule has 30 heavy (non-hydrogen) atoms. The van der Waals surface area contributed by atoms with Crippen LogP contribution in [-0.4, -0.2) is 21.8 Å². The van der Waals surface area contributed by atoms with E-state index < -0.39 is 0 Å². The van der Waals surface area contributed by atoms with Gasteiger partial charge in [0.15, 0.2) is 0 Å². The van der Waals surface area contributed by atoms with Crippen molar-refractivity contribution >= 4 is 35.3 Å². The van der Waals surface area contributed by atoms with Gasteiger partial charge in [-0.3, -0.25) is 9.59 Å². The number of hydrogen-bond donors (Lipinski definition) is 2. The Morgan fingerprint density at radius 2 is 1.17 bits per heavy atom. The van der Waals surface area contributed by atoms with Crippen molar-refractivity contribution in [3.05, 3.63) is 71.1 Å². The fourth-order valence-corrected chi connectivity index (χ4v) is 2.63. The van der Waals surface area contributed by atoms with Gasteiger partial charge in [-0.15, -0.1) is 0 Å². The van der Waals surface area contributed by atoms with Crippen LogP contribution >= 0.6 is 0 Å². The van der Waals surface area contributed by atoms with Crippen molar-refractivity contribution in [2.24, 2.45) is 0 Å². The Balaban J connectivity index is 1.64. The second-order valence-electron chi connectivity index (χ2n) is 6.71. The molecule has 1 aromatic carbocycles. The minimum atomic E-state index is -0.311. The molecule has 0 unspecified atom stereocenters. The summed E-state index contributed by atoms with van der Waals surface area (Å²) >= 11 is 0. The number of rotatable bonds is 6. The number of nitrogens with zero attached hydrogens (tertiary/aromatic N) is 2. The molecule has 3 aromatic rings. The summed E-state index contributed by atoms with van der Waals surface area (Å²) in [5, 5.41) is 5.63. The summed E-state index contributed by atoms with van der Waals surface area (Å²) in [4.78, 5) is 32.6. The first-order valence-corrected chi connectivity index (χ1v) is 9.24. The smallest absolute Gasteiger partial charge is 0.248 e. The largest absolute Gasteiger partial charge is 0.445 e. The molecule has 0 spiro atoms. The highest BCUT2D eigenvalue weighted by atomic mass is 16.3. The van der Waals surface area contributed by atoms with Crippen LogP contribution in [0.2, 0.25) is 0 Å². The molecule has 0 atom stereocenters. The van der Waals surface area contributed by atoms with E-state index in [1.165, 1.54) is 36.8 Å². The van der Waals surface area contributed by atoms with Gasteiger partial charge in [-0.2, -0.15) is 0 Å². The quantitative estimate of drug-likeness (QED) is 0.594. The third-order valence-electron chi connectivity index (χ3n) is 4.33. The predicted octanol–water partition coefficient (Wildman–Crippen LogP) is 4.20. The molecule has 2 heterocycles. The van der Waals surface area contributed by atoms with Crippen molar-refractivity contribution in [1.29, 1.82) is 0 Å². The second-order valence-corrected chi connectivity index (χ2v) is 6.71. The van der Waals surface area contributed by atoms with Crippen molar-refractivity contribution in [3.63, 3.8) is 0 Å². The summed E-state index contributed by atoms with van der Waals surface area (Å²) in [6.45, 7) is 7.34. The van der Waals surface area contributed by atoms with Crippen molar-refractivity contribution in [3.8, 4) is 0 Å². The zero-order valence-electron chi connectivity index (χ0n) is 17.1. The van der Waals surface area contributed by atoms with Crippen LogP contribution in [0, 0.1) is 27.7 Å². The Labute approximate surface area is 173 Å². The van der Waals surface area contributed by atoms with E-state index in [4.69, 9.17) is 8.83 Å². The molecule has 0 saturated carbocycles. The number of nitrogens with one attached hydrogen (secondary N) is 2. The van der Waals surface area contributed by atoms with E-state index in [-0.39, 0.29) is 11.8 Å². The maximum absolute atomic E-state index is 12.2. The maximum Gasteiger partial charge on any atom is 0.248 e. The van der Waals surface area contributed by atoms with Gasteiger partial charge < -0.3 is 19.5 Å². The van der Waals surface area contributed by atoms with Crippen LogP contribution in [0.3, 0.4) is 0 Å². The van der Waals surface area contributed by atoms with Crippen molar-refractivity contribution in [2.45, 2.75) is 27.7 Å². The first kappa shape index (κ1) is 20.8. The second kappa shape index (κ2) is 9.04. The summed E-state index contributed by atoms with van der Waals surface area (Å²) in [7, 11) is 0. The third kappa shape index (κ3) is 5.32. The Morgan fingerprint density at radius 3 is 1.50 bits per heavy atom. The van der Waals surface area contributed by atoms with Gasteiger partial charge >= 0.3 is 0 Å². The van der Waals surface area contributed by atoms with Gasteiger partial charge in [0.25, 0.3) is 0 Å². The molecule has 3 rings (SSSR count). The van der Waals surface area contributed by atoms with Crippen LogP contribution in [0.5, 0.6) is 0 Å². The first-order chi connectivity index (χ1) is 14.3. The molecule has 154 valence electrons. The molecule has 0 saturated heterocycles. The lowest BCUT2D eigenvalue weighted by Gasteiger charge is -2.14. The highest BCUT2D eigenvalue weighted by Crippen LogP contribution is 2.26. The highest BCUT2D eigenvalue weighted by Gasteiger charge is 2.10. The highest BCUT2D eigenvalue weighted by molar-refractivity contribution is 6.04. The monoisotopic (exact) mass is 406 g/mol. The number of oxazole rings is 2. The van der Waals surface area contributed by atoms with E-state index in [0.29, 0.717) is 23.2 Å². The summed E-state index contributed by atoms with van der Waals surface area (Å²) in [6, 6.07) is 3.47. The minimum absolute atomic E-state index is 0.311. The van der Waals surface area contributed by atoms with E-state index in [0.717, 1.165) is 22.5 Å². The Bertz CT molecular complexity index is 1050. The molecule has 2 N–H and O–H groups in total. The van der Waals surface area contributed by atoms with Crippen molar-refractivity contribution in [2.75, 3.05) is 10.6 Å². The number of aromatic nitrogens is 2. The molecule has 2 aromatic heterocycles. The molecule has 0 fully saturated rings. The van der Waals surface area contributed by atoms with Crippen LogP contribution in [0.15, 0.2) is 45.6 Å². The van der Waals surface area contributed by atoms with Crippen LogP contribution in [0.1, 0.15) is 34.3 Å². The lowest BCUT2D eigenvalue weighted by molar-refractivity contribution is -0.112. The van der Waals surface area contributed by atoms with E-state index in [1.54, 1.807) is 26.0 Å². The summed E-state index contributed by atoms with van der Waals surface area (Å²) < 4.78 is 10.4. The predicted molar refractivity (Wildman–Crippen MR) is 114 cm³/mol. The van der Waals surface area contributed by atoms with Gasteiger partial charge in [-0.1, -0.05) is 0 Å². The number of amides is 2. The van der Waals surface area contributed by atoms with Crippen LogP contribution in [0.4, 0.5) is 11.4 Å². The fourth-order valence-electron chi connectivity index (χ4n) is 2.63. The fraction of sp³-hybridized carbons (Fsp3) is 0.182. The van der Waals surface area contributed by atoms with Gasteiger partial charge in [0, 0.05) is 35.7 Å². The number of aryl methyl sites for hydroxylation is 2. The van der Waals surface area contributed by atoms with Gasteiger partial charge in [-0.25, -0.2) is 9.97 Å². The zero-order valence-corrected chi connectivity index (χ0v) is 17.1. The van der Waals surface area contributed by atoms with Gasteiger partial charge in [0.2, 0.25) is 23.6 Å². The molecule has 0 radical (unpaired) electrons. The molecule has 8 nitrogen and oxygen atoms in total. The molecular formula is C22H22N4O4. The summed E-state index contributed by atoms with van der Waals surface area (Å²) in [5.41, 5.74) is 4.46. The van der Waals surface area contributed by atoms with Gasteiger partial charge in [0.1, 0.15) is 12.5 Å². The standard InChI is InChI=1S/C22H22N4O4/c1-13-11-29-21(23-13)9-7-19(27)25-17-5-6-18(16(4)15(17)3)26-20(28)8-10-22-24-14(2)12-30-22/h5-12H,1-4H3,(H,25,27)(H,26,28)/b9-7+,10-8+. The SMILES string of the molecule is Cc1coc(/C=C/C(=O)Nc2ccc(NC(=O)/C=C/c3nc(C)co3)c(C)c2C)n1. The summed E-state index contributed by atoms with van der Waals surface area (Å²) in [6.07, 6.45) is 8.73. The van der Waals surface area contributed by atoms with Crippen molar-refractivity contribution < 1.29 is 18.4 Å². The Hall–Kier alpha value is -3.94. The lowest BCUT2D eigenvalue weighted by Crippen LogP contribution is -2.12. The van der Waals surface area contributed by atoms with E-state index >= 15 is 0 Å². The molecule has 0 bridgehead atoms. The zero-order chi connectivity index (χ0) is 21.7. The van der Waals surface area contributed by atoms with Gasteiger partial charge in [0.05, 0.1) is 11.4 Å². The Morgan fingerprint density at radius 1 is 0.767 bits per heavy atom. The average molecular weight is 406 g/mol. The molecule has 0 aliphatic carbocycles. The Kier molecular flexibility index (Phi) is 6.26. The summed E-state index contributed by atoms with van der Waals surface area (Å²) in [5.74, 6) is 0.103. The van der Waals surface area contributed by atoms with E-state index in [9.17, 15) is 9.59 Å². The molecular weight excluding hydrogens is 384 g/mol. The number of carbonyl (C=O) groups is 2. The van der Waals surface area contributed by atoms with Crippen molar-refractivity contribution in [1.82, 2.24) is 9.97 Å². The molecule has 0 aliphatic rings. The number of benzene rings is 1. The topological polar surface area (TPSA) is 110 Å². The van der Waals surface area contributed by atoms with Crippen LogP contribution < -0.4 is 10.6 Å². The number of carbonyl (C=O) groups excluding carboxylic acids is 2. The maximum atomic E-state index is 12.2. The molecule has 8 heteroatoms. The van der Waals surface area contributed by atoms with Crippen LogP contribution in [-0.2, 0) is 9.59 Å². The first-order valence-electron chi connectivity index (χ1n) is 9.24. The number of hydrogen-bond acceptors (Lipinski definition) is 6. The molecule has 0 aliphatic heterocycles. The van der Waals surface area contributed by atoms with Crippen LogP contribution in [0.25, 0.3) is 12.2 Å². The lowest BCUT2D eigenvalue weighted by atomic mass is 10.1. The molecule has 2 amide bonds. The minimum Gasteiger partial charge on any atom is -0.445 e. The normalized spacial score (nSPS) is 11.3. The average Bonchev–Trinajstić information content (AvgIpc) is 3.32. The number of anilines is 2. The van der Waals surface area contributed by atoms with E-state index in [1.807, 2.05) is 13.8 Å². The van der Waals surface area contributed by atoms with Gasteiger partial charge in [-0.05, 0) is 51.0 Å².